The molecular formula is C13H18N4O2. The Hall–Kier alpha value is -2.04. The Kier molecular flexibility index (Phi) is 5.36. The van der Waals surface area contributed by atoms with Gasteiger partial charge in [0.05, 0.1) is 0 Å². The van der Waals surface area contributed by atoms with Crippen molar-refractivity contribution in [2.45, 2.75) is 25.8 Å². The first-order valence-corrected chi connectivity index (χ1v) is 6.13. The van der Waals surface area contributed by atoms with Crippen molar-refractivity contribution in [2.75, 3.05) is 13.1 Å². The maximum Gasteiger partial charge on any atom is 0.328 e. The van der Waals surface area contributed by atoms with Crippen LogP contribution in [-0.2, 0) is 16.8 Å². The summed E-state index contributed by atoms with van der Waals surface area (Å²) in [4.78, 5) is 14.1. The maximum atomic E-state index is 11.5. The van der Waals surface area contributed by atoms with Gasteiger partial charge in [0.25, 0.3) is 0 Å². The molecule has 0 fully saturated rings. The zero-order valence-corrected chi connectivity index (χ0v) is 11.1. The average Bonchev–Trinajstić information content (AvgIpc) is 2.43. The molecule has 0 saturated carbocycles. The lowest BCUT2D eigenvalue weighted by Gasteiger charge is -2.26. The van der Waals surface area contributed by atoms with Crippen LogP contribution in [0.2, 0.25) is 0 Å². The minimum atomic E-state index is -1.18. The number of carbonyl (C=O) groups is 1. The van der Waals surface area contributed by atoms with E-state index in [-0.39, 0.29) is 6.54 Å². The van der Waals surface area contributed by atoms with Gasteiger partial charge in [0.2, 0.25) is 0 Å². The Morgan fingerprint density at radius 1 is 1.47 bits per heavy atom. The van der Waals surface area contributed by atoms with E-state index in [1.54, 1.807) is 6.92 Å². The number of carboxylic acid groups (broad SMARTS) is 1. The molecule has 0 bridgehead atoms. The second-order valence-electron chi connectivity index (χ2n) is 4.36. The van der Waals surface area contributed by atoms with Crippen molar-refractivity contribution in [1.82, 2.24) is 5.32 Å². The van der Waals surface area contributed by atoms with Gasteiger partial charge >= 0.3 is 5.97 Å². The molecular weight excluding hydrogens is 244 g/mol. The molecule has 1 rings (SSSR count). The SMILES string of the molecule is CCc1ccc(C(C)(NCCN=[N+]=[N-])C(=O)O)cc1. The van der Waals surface area contributed by atoms with E-state index in [0.717, 1.165) is 12.0 Å². The van der Waals surface area contributed by atoms with Crippen molar-refractivity contribution in [3.05, 3.63) is 45.8 Å². The third-order valence-corrected chi connectivity index (χ3v) is 3.12. The summed E-state index contributed by atoms with van der Waals surface area (Å²) < 4.78 is 0. The van der Waals surface area contributed by atoms with Crippen LogP contribution >= 0.6 is 0 Å². The summed E-state index contributed by atoms with van der Waals surface area (Å²) in [6, 6.07) is 7.47. The maximum absolute atomic E-state index is 11.5. The van der Waals surface area contributed by atoms with E-state index in [1.165, 1.54) is 0 Å². The topological polar surface area (TPSA) is 98.1 Å². The predicted octanol–water partition coefficient (Wildman–Crippen LogP) is 2.45. The van der Waals surface area contributed by atoms with Crippen LogP contribution in [0.5, 0.6) is 0 Å². The van der Waals surface area contributed by atoms with E-state index in [4.69, 9.17) is 5.53 Å². The summed E-state index contributed by atoms with van der Waals surface area (Å²) in [7, 11) is 0. The number of carboxylic acids is 1. The highest BCUT2D eigenvalue weighted by Crippen LogP contribution is 2.21. The molecule has 0 aliphatic rings. The fraction of sp³-hybridized carbons (Fsp3) is 0.462. The van der Waals surface area contributed by atoms with Crippen LogP contribution in [0, 0.1) is 0 Å². The van der Waals surface area contributed by atoms with Gasteiger partial charge in [0.1, 0.15) is 5.54 Å². The van der Waals surface area contributed by atoms with Crippen molar-refractivity contribution >= 4 is 5.97 Å². The number of rotatable bonds is 7. The number of nitrogens with one attached hydrogen (secondary N) is 1. The second kappa shape index (κ2) is 6.78. The average molecular weight is 262 g/mol. The van der Waals surface area contributed by atoms with Crippen molar-refractivity contribution in [2.24, 2.45) is 5.11 Å². The van der Waals surface area contributed by atoms with E-state index in [0.29, 0.717) is 12.1 Å². The van der Waals surface area contributed by atoms with E-state index in [2.05, 4.69) is 15.3 Å². The van der Waals surface area contributed by atoms with Crippen LogP contribution in [0.4, 0.5) is 0 Å². The molecule has 1 aromatic carbocycles. The standard InChI is InChI=1S/C13H18N4O2/c1-3-10-4-6-11(7-5-10)13(2,12(18)19)15-8-9-16-17-14/h4-7,15H,3,8-9H2,1-2H3,(H,18,19). The molecule has 2 N–H and O–H groups in total. The van der Waals surface area contributed by atoms with Crippen molar-refractivity contribution in [1.29, 1.82) is 0 Å². The highest BCUT2D eigenvalue weighted by Gasteiger charge is 2.34. The van der Waals surface area contributed by atoms with E-state index in [9.17, 15) is 9.90 Å². The van der Waals surface area contributed by atoms with Crippen LogP contribution in [-0.4, -0.2) is 24.2 Å². The number of nitrogens with zero attached hydrogens (tertiary/aromatic N) is 3. The number of hydrogen-bond donors (Lipinski definition) is 2. The zero-order chi connectivity index (χ0) is 14.3. The molecule has 0 amide bonds. The second-order valence-corrected chi connectivity index (χ2v) is 4.36. The van der Waals surface area contributed by atoms with Crippen LogP contribution in [0.15, 0.2) is 29.4 Å². The van der Waals surface area contributed by atoms with Gasteiger partial charge in [-0.15, -0.1) is 0 Å². The van der Waals surface area contributed by atoms with Gasteiger partial charge in [-0.05, 0) is 30.0 Å². The summed E-state index contributed by atoms with van der Waals surface area (Å²) in [6.07, 6.45) is 0.911. The van der Waals surface area contributed by atoms with Crippen molar-refractivity contribution < 1.29 is 9.90 Å². The minimum Gasteiger partial charge on any atom is -0.480 e. The quantitative estimate of drug-likeness (QED) is 0.342. The molecule has 19 heavy (non-hydrogen) atoms. The Labute approximate surface area is 112 Å². The molecule has 102 valence electrons. The normalized spacial score (nSPS) is 13.4. The summed E-state index contributed by atoms with van der Waals surface area (Å²) >= 11 is 0. The summed E-state index contributed by atoms with van der Waals surface area (Å²) in [6.45, 7) is 4.17. The lowest BCUT2D eigenvalue weighted by atomic mass is 9.91. The monoisotopic (exact) mass is 262 g/mol. The molecule has 0 heterocycles. The first-order valence-electron chi connectivity index (χ1n) is 6.13. The third kappa shape index (κ3) is 3.71. The van der Waals surface area contributed by atoms with Crippen molar-refractivity contribution in [3.63, 3.8) is 0 Å². The Bertz CT molecular complexity index is 480. The number of benzene rings is 1. The van der Waals surface area contributed by atoms with Crippen LogP contribution in [0.3, 0.4) is 0 Å². The molecule has 0 aliphatic carbocycles. The highest BCUT2D eigenvalue weighted by molar-refractivity contribution is 5.80. The third-order valence-electron chi connectivity index (χ3n) is 3.12. The van der Waals surface area contributed by atoms with E-state index >= 15 is 0 Å². The molecule has 0 aliphatic heterocycles. The van der Waals surface area contributed by atoms with E-state index < -0.39 is 11.5 Å². The zero-order valence-electron chi connectivity index (χ0n) is 11.1. The molecule has 6 nitrogen and oxygen atoms in total. The van der Waals surface area contributed by atoms with Gasteiger partial charge in [-0.1, -0.05) is 36.3 Å². The Morgan fingerprint density at radius 2 is 2.11 bits per heavy atom. The molecule has 0 spiro atoms. The van der Waals surface area contributed by atoms with E-state index in [1.807, 2.05) is 31.2 Å². The predicted molar refractivity (Wildman–Crippen MR) is 72.8 cm³/mol. The first-order chi connectivity index (χ1) is 9.04. The smallest absolute Gasteiger partial charge is 0.328 e. The number of hydrogen-bond acceptors (Lipinski definition) is 3. The molecule has 0 saturated heterocycles. The summed E-state index contributed by atoms with van der Waals surface area (Å²) in [5.41, 5.74) is 8.85. The number of aryl methyl sites for hydroxylation is 1. The lowest BCUT2D eigenvalue weighted by Crippen LogP contribution is -2.47. The van der Waals surface area contributed by atoms with Crippen LogP contribution < -0.4 is 5.32 Å². The Balaban J connectivity index is 2.90. The van der Waals surface area contributed by atoms with Gasteiger partial charge in [-0.3, -0.25) is 5.32 Å². The molecule has 1 aromatic rings. The summed E-state index contributed by atoms with van der Waals surface area (Å²) in [5, 5.41) is 15.7. The highest BCUT2D eigenvalue weighted by atomic mass is 16.4. The fourth-order valence-electron chi connectivity index (χ4n) is 1.78. The largest absolute Gasteiger partial charge is 0.480 e. The molecule has 1 atom stereocenters. The molecule has 0 radical (unpaired) electrons. The van der Waals surface area contributed by atoms with Gasteiger partial charge in [-0.2, -0.15) is 0 Å². The first kappa shape index (κ1) is 15.0. The van der Waals surface area contributed by atoms with Gasteiger partial charge in [-0.25, -0.2) is 4.79 Å². The molecule has 0 aromatic heterocycles. The number of azide groups is 1. The Morgan fingerprint density at radius 3 is 2.58 bits per heavy atom. The van der Waals surface area contributed by atoms with Crippen LogP contribution in [0.1, 0.15) is 25.0 Å². The minimum absolute atomic E-state index is 0.215. The van der Waals surface area contributed by atoms with Gasteiger partial charge in [0.15, 0.2) is 0 Å². The van der Waals surface area contributed by atoms with Gasteiger partial charge in [0, 0.05) is 18.0 Å². The molecule has 1 unspecified atom stereocenters. The van der Waals surface area contributed by atoms with Crippen LogP contribution in [0.25, 0.3) is 10.4 Å². The lowest BCUT2D eigenvalue weighted by molar-refractivity contribution is -0.144. The van der Waals surface area contributed by atoms with Gasteiger partial charge < -0.3 is 5.11 Å². The molecule has 6 heteroatoms. The number of aliphatic carboxylic acids is 1. The summed E-state index contributed by atoms with van der Waals surface area (Å²) in [5.74, 6) is -0.960. The van der Waals surface area contributed by atoms with Crippen molar-refractivity contribution in [3.8, 4) is 0 Å². The fourth-order valence-corrected chi connectivity index (χ4v) is 1.78.